The first kappa shape index (κ1) is 15.4. The molecule has 7 heteroatoms. The maximum atomic E-state index is 4.92. The van der Waals surface area contributed by atoms with E-state index in [1.807, 2.05) is 24.1 Å². The zero-order valence-electron chi connectivity index (χ0n) is 15.4. The van der Waals surface area contributed by atoms with Crippen molar-refractivity contribution in [2.75, 3.05) is 25.0 Å². The van der Waals surface area contributed by atoms with Crippen molar-refractivity contribution < 1.29 is 0 Å². The van der Waals surface area contributed by atoms with Gasteiger partial charge < -0.3 is 10.6 Å². The number of hydrogen-bond donors (Lipinski definition) is 2. The Labute approximate surface area is 157 Å². The van der Waals surface area contributed by atoms with Gasteiger partial charge in [0.15, 0.2) is 0 Å². The van der Waals surface area contributed by atoms with E-state index in [1.165, 1.54) is 29.8 Å². The third-order valence-electron chi connectivity index (χ3n) is 6.65. The molecule has 138 valence electrons. The summed E-state index contributed by atoms with van der Waals surface area (Å²) in [5, 5.41) is 16.2. The Bertz CT molecular complexity index is 1020. The fourth-order valence-corrected chi connectivity index (χ4v) is 5.11. The number of nitrogens with zero attached hydrogens (tertiary/aromatic N) is 5. The quantitative estimate of drug-likeness (QED) is 0.729. The summed E-state index contributed by atoms with van der Waals surface area (Å²) in [4.78, 5) is 4.69. The van der Waals surface area contributed by atoms with Crippen molar-refractivity contribution in [1.29, 1.82) is 0 Å². The Hall–Kier alpha value is -2.67. The number of rotatable bonds is 2. The molecule has 1 fully saturated rings. The predicted octanol–water partition coefficient (Wildman–Crippen LogP) is 1.87. The minimum atomic E-state index is 0.278. The fourth-order valence-electron chi connectivity index (χ4n) is 5.11. The van der Waals surface area contributed by atoms with Crippen molar-refractivity contribution in [3.63, 3.8) is 0 Å². The summed E-state index contributed by atoms with van der Waals surface area (Å²) in [6.07, 6.45) is 6.24. The highest BCUT2D eigenvalue weighted by atomic mass is 15.3. The van der Waals surface area contributed by atoms with Crippen molar-refractivity contribution in [1.82, 2.24) is 29.9 Å². The molecule has 0 aliphatic carbocycles. The highest BCUT2D eigenvalue weighted by Gasteiger charge is 2.42. The van der Waals surface area contributed by atoms with Crippen LogP contribution in [0.4, 0.5) is 5.82 Å². The van der Waals surface area contributed by atoms with Gasteiger partial charge in [0.05, 0.1) is 5.69 Å². The summed E-state index contributed by atoms with van der Waals surface area (Å²) in [5.74, 6) is 1.26. The van der Waals surface area contributed by atoms with Gasteiger partial charge in [-0.2, -0.15) is 10.2 Å². The average Bonchev–Trinajstić information content (AvgIpc) is 3.46. The number of anilines is 1. The number of aromatic nitrogens is 5. The van der Waals surface area contributed by atoms with E-state index >= 15 is 0 Å². The maximum absolute atomic E-state index is 4.92. The van der Waals surface area contributed by atoms with Crippen LogP contribution in [0.25, 0.3) is 11.3 Å². The van der Waals surface area contributed by atoms with Gasteiger partial charge in [-0.05, 0) is 37.6 Å². The van der Waals surface area contributed by atoms with Gasteiger partial charge in [0.1, 0.15) is 5.82 Å². The fraction of sp³-hybridized carbons (Fsp3) is 0.450. The molecule has 3 aliphatic heterocycles. The molecule has 1 saturated heterocycles. The van der Waals surface area contributed by atoms with Crippen LogP contribution in [0.15, 0.2) is 30.6 Å². The van der Waals surface area contributed by atoms with Crippen LogP contribution in [0, 0.1) is 0 Å². The van der Waals surface area contributed by atoms with E-state index in [0.717, 1.165) is 43.3 Å². The van der Waals surface area contributed by atoms with E-state index in [0.29, 0.717) is 0 Å². The van der Waals surface area contributed by atoms with Gasteiger partial charge in [-0.1, -0.05) is 0 Å². The van der Waals surface area contributed by atoms with E-state index in [9.17, 15) is 0 Å². The van der Waals surface area contributed by atoms with Crippen molar-refractivity contribution in [2.24, 2.45) is 7.05 Å². The first-order valence-corrected chi connectivity index (χ1v) is 9.75. The molecular formula is C20H23N7. The van der Waals surface area contributed by atoms with Gasteiger partial charge in [0.2, 0.25) is 0 Å². The Morgan fingerprint density at radius 1 is 1.26 bits per heavy atom. The molecule has 0 saturated carbocycles. The Morgan fingerprint density at radius 2 is 2.22 bits per heavy atom. The lowest BCUT2D eigenvalue weighted by atomic mass is 9.82. The minimum absolute atomic E-state index is 0.278. The molecule has 0 radical (unpaired) electrons. The van der Waals surface area contributed by atoms with Gasteiger partial charge in [-0.15, -0.1) is 0 Å². The first-order valence-electron chi connectivity index (χ1n) is 9.75. The van der Waals surface area contributed by atoms with Gasteiger partial charge in [0.25, 0.3) is 0 Å². The summed E-state index contributed by atoms with van der Waals surface area (Å²) < 4.78 is 4.17. The molecule has 3 aromatic rings. The van der Waals surface area contributed by atoms with Crippen molar-refractivity contribution in [3.8, 4) is 11.3 Å². The number of nitrogens with one attached hydrogen (secondary N) is 2. The summed E-state index contributed by atoms with van der Waals surface area (Å²) in [6, 6.07) is 6.65. The SMILES string of the molecule is Cn1nccc1C1CNc2ncc(-c3cc4n(n3)CCC43CCNC3)cc21. The van der Waals surface area contributed by atoms with Crippen LogP contribution < -0.4 is 10.6 Å². The summed E-state index contributed by atoms with van der Waals surface area (Å²) in [5.41, 5.74) is 6.28. The van der Waals surface area contributed by atoms with Crippen LogP contribution >= 0.6 is 0 Å². The molecule has 0 amide bonds. The molecule has 0 bridgehead atoms. The average molecular weight is 361 g/mol. The second-order valence-corrected chi connectivity index (χ2v) is 8.07. The lowest BCUT2D eigenvalue weighted by molar-refractivity contribution is 0.467. The molecular weight excluding hydrogens is 338 g/mol. The molecule has 2 unspecified atom stereocenters. The van der Waals surface area contributed by atoms with Gasteiger partial charge in [0, 0.05) is 72.9 Å². The van der Waals surface area contributed by atoms with Crippen LogP contribution in [-0.4, -0.2) is 44.2 Å². The molecule has 3 aliphatic rings. The first-order chi connectivity index (χ1) is 13.2. The topological polar surface area (TPSA) is 72.6 Å². The molecule has 6 heterocycles. The van der Waals surface area contributed by atoms with E-state index in [2.05, 4.69) is 38.6 Å². The van der Waals surface area contributed by atoms with E-state index in [-0.39, 0.29) is 11.3 Å². The Morgan fingerprint density at radius 3 is 3.04 bits per heavy atom. The summed E-state index contributed by atoms with van der Waals surface area (Å²) in [7, 11) is 2.00. The van der Waals surface area contributed by atoms with Crippen LogP contribution in [-0.2, 0) is 19.0 Å². The molecule has 6 rings (SSSR count). The Balaban J connectivity index is 1.40. The zero-order chi connectivity index (χ0) is 18.0. The molecule has 2 atom stereocenters. The summed E-state index contributed by atoms with van der Waals surface area (Å²) >= 11 is 0. The highest BCUT2D eigenvalue weighted by molar-refractivity contribution is 5.66. The highest BCUT2D eigenvalue weighted by Crippen LogP contribution is 2.42. The minimum Gasteiger partial charge on any atom is -0.369 e. The van der Waals surface area contributed by atoms with Crippen LogP contribution in [0.1, 0.15) is 35.7 Å². The van der Waals surface area contributed by atoms with Gasteiger partial charge in [-0.25, -0.2) is 4.98 Å². The number of fused-ring (bicyclic) bond motifs is 3. The molecule has 2 N–H and O–H groups in total. The molecule has 27 heavy (non-hydrogen) atoms. The summed E-state index contributed by atoms with van der Waals surface area (Å²) in [6.45, 7) is 4.07. The number of pyridine rings is 1. The van der Waals surface area contributed by atoms with Crippen LogP contribution in [0.3, 0.4) is 0 Å². The molecule has 1 spiro atoms. The standard InChI is InChI=1S/C20H23N7/c1-26-17(2-5-24-26)15-11-23-19-14(15)8-13(10-22-19)16-9-18-20(3-6-21-12-20)4-7-27(18)25-16/h2,5,8-10,15,21H,3-4,6-7,11-12H2,1H3,(H,22,23). The van der Waals surface area contributed by atoms with Crippen molar-refractivity contribution >= 4 is 5.82 Å². The van der Waals surface area contributed by atoms with Crippen LogP contribution in [0.5, 0.6) is 0 Å². The smallest absolute Gasteiger partial charge is 0.129 e. The monoisotopic (exact) mass is 361 g/mol. The van der Waals surface area contributed by atoms with Gasteiger partial charge in [-0.3, -0.25) is 9.36 Å². The zero-order valence-corrected chi connectivity index (χ0v) is 15.4. The lowest BCUT2D eigenvalue weighted by Crippen LogP contribution is -2.25. The number of aryl methyl sites for hydroxylation is 2. The largest absolute Gasteiger partial charge is 0.369 e. The van der Waals surface area contributed by atoms with E-state index < -0.39 is 0 Å². The molecule has 3 aromatic heterocycles. The normalized spacial score (nSPS) is 25.7. The maximum Gasteiger partial charge on any atom is 0.129 e. The molecule has 0 aromatic carbocycles. The van der Waals surface area contributed by atoms with E-state index in [4.69, 9.17) is 10.1 Å². The van der Waals surface area contributed by atoms with Crippen LogP contribution in [0.2, 0.25) is 0 Å². The molecule has 7 nitrogen and oxygen atoms in total. The third kappa shape index (κ3) is 2.15. The second kappa shape index (κ2) is 5.42. The Kier molecular flexibility index (Phi) is 3.09. The van der Waals surface area contributed by atoms with Gasteiger partial charge >= 0.3 is 0 Å². The van der Waals surface area contributed by atoms with Crippen molar-refractivity contribution in [3.05, 3.63) is 47.5 Å². The lowest BCUT2D eigenvalue weighted by Gasteiger charge is -2.20. The van der Waals surface area contributed by atoms with Crippen molar-refractivity contribution in [2.45, 2.75) is 30.7 Å². The number of hydrogen-bond acceptors (Lipinski definition) is 5. The second-order valence-electron chi connectivity index (χ2n) is 8.07. The van der Waals surface area contributed by atoms with E-state index in [1.54, 1.807) is 0 Å². The third-order valence-corrected chi connectivity index (χ3v) is 6.65. The predicted molar refractivity (Wildman–Crippen MR) is 103 cm³/mol.